The number of aromatic amines is 1. The maximum Gasteiger partial charge on any atom is 0.273 e. The predicted octanol–water partition coefficient (Wildman–Crippen LogP) is 4.16. The minimum Gasteiger partial charge on any atom is -0.507 e. The van der Waals surface area contributed by atoms with Crippen molar-refractivity contribution in [3.8, 4) is 17.0 Å². The zero-order valence-corrected chi connectivity index (χ0v) is 16.4. The Balaban J connectivity index is 1.64. The molecule has 2 atom stereocenters. The highest BCUT2D eigenvalue weighted by Gasteiger charge is 2.43. The van der Waals surface area contributed by atoms with Crippen molar-refractivity contribution in [3.05, 3.63) is 70.4 Å². The number of benzene rings is 2. The molecule has 1 amide bonds. The zero-order valence-electron chi connectivity index (χ0n) is 15.6. The van der Waals surface area contributed by atoms with Gasteiger partial charge in [0.25, 0.3) is 5.91 Å². The molecular weight excluding hydrogens is 390 g/mol. The van der Waals surface area contributed by atoms with Crippen LogP contribution in [-0.4, -0.2) is 45.4 Å². The van der Waals surface area contributed by atoms with Crippen LogP contribution in [0.15, 0.2) is 48.5 Å². The Morgan fingerprint density at radius 2 is 2.00 bits per heavy atom. The normalized spacial score (nSPS) is 21.0. The summed E-state index contributed by atoms with van der Waals surface area (Å²) in [6.45, 7) is 1.24. The average Bonchev–Trinajstić information content (AvgIpc) is 3.44. The zero-order chi connectivity index (χ0) is 20.0. The summed E-state index contributed by atoms with van der Waals surface area (Å²) in [5, 5.41) is 18.3. The van der Waals surface area contributed by atoms with Crippen LogP contribution >= 0.6 is 11.6 Å². The largest absolute Gasteiger partial charge is 0.507 e. The fraction of sp³-hybridized carbons (Fsp3) is 0.273. The Morgan fingerprint density at radius 1 is 1.21 bits per heavy atom. The number of nitrogens with one attached hydrogen (secondary N) is 1. The molecule has 0 saturated carbocycles. The van der Waals surface area contributed by atoms with E-state index >= 15 is 0 Å². The highest BCUT2D eigenvalue weighted by molar-refractivity contribution is 6.30. The number of aromatic nitrogens is 2. The first kappa shape index (κ1) is 18.2. The highest BCUT2D eigenvalue weighted by Crippen LogP contribution is 2.44. The van der Waals surface area contributed by atoms with Crippen LogP contribution in [0, 0.1) is 0 Å². The van der Waals surface area contributed by atoms with Crippen LogP contribution in [0.4, 0.5) is 0 Å². The van der Waals surface area contributed by atoms with Gasteiger partial charge in [0.05, 0.1) is 12.1 Å². The Bertz CT molecular complexity index is 1060. The second kappa shape index (κ2) is 7.21. The summed E-state index contributed by atoms with van der Waals surface area (Å²) in [5.74, 6) is 0.0197. The van der Waals surface area contributed by atoms with E-state index in [4.69, 9.17) is 16.3 Å². The van der Waals surface area contributed by atoms with Crippen LogP contribution in [0.1, 0.15) is 40.5 Å². The van der Waals surface area contributed by atoms with E-state index < -0.39 is 0 Å². The van der Waals surface area contributed by atoms with Crippen molar-refractivity contribution < 1.29 is 14.6 Å². The van der Waals surface area contributed by atoms with Crippen LogP contribution < -0.4 is 0 Å². The molecule has 29 heavy (non-hydrogen) atoms. The molecule has 6 nitrogen and oxygen atoms in total. The van der Waals surface area contributed by atoms with Crippen LogP contribution in [-0.2, 0) is 4.74 Å². The van der Waals surface area contributed by atoms with Gasteiger partial charge in [-0.15, -0.1) is 0 Å². The molecule has 2 aliphatic rings. The van der Waals surface area contributed by atoms with Gasteiger partial charge in [0.2, 0.25) is 0 Å². The number of nitrogens with zero attached hydrogens (tertiary/aromatic N) is 2. The van der Waals surface area contributed by atoms with E-state index in [-0.39, 0.29) is 23.8 Å². The summed E-state index contributed by atoms with van der Waals surface area (Å²) in [7, 11) is 0. The molecule has 1 fully saturated rings. The number of halogens is 1. The van der Waals surface area contributed by atoms with Gasteiger partial charge in [0.15, 0.2) is 0 Å². The van der Waals surface area contributed by atoms with E-state index in [1.165, 1.54) is 0 Å². The first-order chi connectivity index (χ1) is 14.1. The summed E-state index contributed by atoms with van der Waals surface area (Å²) < 4.78 is 5.80. The third-order valence-corrected chi connectivity index (χ3v) is 5.89. The maximum absolute atomic E-state index is 13.3. The second-order valence-electron chi connectivity index (χ2n) is 7.42. The Kier molecular flexibility index (Phi) is 4.53. The lowest BCUT2D eigenvalue weighted by atomic mass is 9.95. The van der Waals surface area contributed by atoms with Gasteiger partial charge < -0.3 is 14.7 Å². The van der Waals surface area contributed by atoms with Crippen molar-refractivity contribution in [1.82, 2.24) is 15.1 Å². The minimum atomic E-state index is -0.327. The third-order valence-electron chi connectivity index (χ3n) is 5.63. The molecular formula is C22H20ClN3O3. The molecule has 0 bridgehead atoms. The van der Waals surface area contributed by atoms with Gasteiger partial charge in [-0.1, -0.05) is 35.9 Å². The lowest BCUT2D eigenvalue weighted by Crippen LogP contribution is -2.36. The molecule has 1 aromatic heterocycles. The molecule has 0 aliphatic carbocycles. The lowest BCUT2D eigenvalue weighted by Gasteiger charge is -2.28. The number of aromatic hydroxyl groups is 1. The molecule has 1 saturated heterocycles. The van der Waals surface area contributed by atoms with E-state index in [0.717, 1.165) is 30.6 Å². The van der Waals surface area contributed by atoms with Gasteiger partial charge in [-0.3, -0.25) is 9.89 Å². The SMILES string of the molecule is O=C1c2[nH]nc(-c3ccccc3O)c2[C@H](c2ccc(Cl)cc2)N1C[C@@H]1CCCO1. The summed E-state index contributed by atoms with van der Waals surface area (Å²) in [6, 6.07) is 14.2. The fourth-order valence-electron chi connectivity index (χ4n) is 4.26. The molecule has 0 spiro atoms. The monoisotopic (exact) mass is 409 g/mol. The van der Waals surface area contributed by atoms with Crippen molar-refractivity contribution in [1.29, 1.82) is 0 Å². The number of ether oxygens (including phenoxy) is 1. The molecule has 2 aromatic carbocycles. The molecule has 7 heteroatoms. The van der Waals surface area contributed by atoms with Crippen molar-refractivity contribution in [2.45, 2.75) is 25.0 Å². The number of hydrogen-bond acceptors (Lipinski definition) is 4. The van der Waals surface area contributed by atoms with Gasteiger partial charge in [-0.2, -0.15) is 5.10 Å². The smallest absolute Gasteiger partial charge is 0.273 e. The number of H-pyrrole nitrogens is 1. The number of amides is 1. The number of hydrogen-bond donors (Lipinski definition) is 2. The van der Waals surface area contributed by atoms with Gasteiger partial charge in [0.1, 0.15) is 17.1 Å². The van der Waals surface area contributed by atoms with Crippen LogP contribution in [0.25, 0.3) is 11.3 Å². The Hall–Kier alpha value is -2.83. The standard InChI is InChI=1S/C22H20ClN3O3/c23-14-9-7-13(8-10-14)21-18-19(16-5-1-2-6-17(16)27)24-25-20(18)22(28)26(21)12-15-4-3-11-29-15/h1-2,5-10,15,21,27H,3-4,11-12H2,(H,24,25)/t15-,21-/m0/s1. The topological polar surface area (TPSA) is 78.5 Å². The quantitative estimate of drug-likeness (QED) is 0.678. The number of fused-ring (bicyclic) bond motifs is 1. The number of para-hydroxylation sites is 1. The number of rotatable bonds is 4. The maximum atomic E-state index is 13.3. The number of carbonyl (C=O) groups excluding carboxylic acids is 1. The van der Waals surface area contributed by atoms with Crippen molar-refractivity contribution >= 4 is 17.5 Å². The molecule has 148 valence electrons. The molecule has 5 rings (SSSR count). The summed E-state index contributed by atoms with van der Waals surface area (Å²) >= 11 is 6.10. The Labute approximate surface area is 173 Å². The Morgan fingerprint density at radius 3 is 2.72 bits per heavy atom. The molecule has 3 aromatic rings. The molecule has 3 heterocycles. The average molecular weight is 410 g/mol. The predicted molar refractivity (Wildman–Crippen MR) is 109 cm³/mol. The molecule has 0 radical (unpaired) electrons. The third kappa shape index (κ3) is 3.09. The first-order valence-corrected chi connectivity index (χ1v) is 10.1. The summed E-state index contributed by atoms with van der Waals surface area (Å²) in [5.41, 5.74) is 3.35. The van der Waals surface area contributed by atoms with Crippen molar-refractivity contribution in [2.24, 2.45) is 0 Å². The van der Waals surface area contributed by atoms with E-state index in [9.17, 15) is 9.90 Å². The van der Waals surface area contributed by atoms with E-state index in [0.29, 0.717) is 28.5 Å². The molecule has 2 aliphatic heterocycles. The van der Waals surface area contributed by atoms with E-state index in [1.807, 2.05) is 35.2 Å². The fourth-order valence-corrected chi connectivity index (χ4v) is 4.39. The van der Waals surface area contributed by atoms with Crippen molar-refractivity contribution in [3.63, 3.8) is 0 Å². The summed E-state index contributed by atoms with van der Waals surface area (Å²) in [4.78, 5) is 15.1. The molecule has 2 N–H and O–H groups in total. The van der Waals surface area contributed by atoms with Gasteiger partial charge in [-0.05, 0) is 42.7 Å². The number of phenols is 1. The first-order valence-electron chi connectivity index (χ1n) is 9.68. The van der Waals surface area contributed by atoms with Gasteiger partial charge in [-0.25, -0.2) is 0 Å². The minimum absolute atomic E-state index is 0.0271. The lowest BCUT2D eigenvalue weighted by molar-refractivity contribution is 0.0495. The van der Waals surface area contributed by atoms with E-state index in [2.05, 4.69) is 10.2 Å². The number of carbonyl (C=O) groups is 1. The molecule has 0 unspecified atom stereocenters. The van der Waals surface area contributed by atoms with Crippen LogP contribution in [0.5, 0.6) is 5.75 Å². The van der Waals surface area contributed by atoms with Gasteiger partial charge >= 0.3 is 0 Å². The van der Waals surface area contributed by atoms with Crippen LogP contribution in [0.3, 0.4) is 0 Å². The van der Waals surface area contributed by atoms with Crippen LogP contribution in [0.2, 0.25) is 5.02 Å². The highest BCUT2D eigenvalue weighted by atomic mass is 35.5. The van der Waals surface area contributed by atoms with Crippen molar-refractivity contribution in [2.75, 3.05) is 13.2 Å². The van der Waals surface area contributed by atoms with E-state index in [1.54, 1.807) is 18.2 Å². The van der Waals surface area contributed by atoms with Gasteiger partial charge in [0, 0.05) is 29.3 Å². The second-order valence-corrected chi connectivity index (χ2v) is 7.86. The summed E-state index contributed by atoms with van der Waals surface area (Å²) in [6.07, 6.45) is 1.98. The number of phenolic OH excluding ortho intramolecular Hbond substituents is 1.